The third-order valence-corrected chi connectivity index (χ3v) is 4.78. The minimum Gasteiger partial charge on any atom is -0.759 e. The van der Waals surface area contributed by atoms with E-state index in [0.717, 1.165) is 24.3 Å². The number of fused-ring (bicyclic) bond motifs is 2. The van der Waals surface area contributed by atoms with E-state index >= 15 is 0 Å². The van der Waals surface area contributed by atoms with E-state index in [1.165, 1.54) is 12.8 Å². The number of carbonyl (C=O) groups excluding carboxylic acids is 1. The Morgan fingerprint density at radius 1 is 1.11 bits per heavy atom. The lowest BCUT2D eigenvalue weighted by molar-refractivity contribution is -0.306. The van der Waals surface area contributed by atoms with Gasteiger partial charge < -0.3 is 28.6 Å². The summed E-state index contributed by atoms with van der Waals surface area (Å²) < 4.78 is 40.1. The molecule has 2 aliphatic heterocycles. The van der Waals surface area contributed by atoms with Crippen LogP contribution >= 0.6 is 0 Å². The summed E-state index contributed by atoms with van der Waals surface area (Å²) in [6.45, 7) is 4.03. The molecule has 0 aliphatic carbocycles. The van der Waals surface area contributed by atoms with Gasteiger partial charge >= 0.3 is 0 Å². The summed E-state index contributed by atoms with van der Waals surface area (Å²) in [4.78, 5) is 14.1. The molecule has 0 amide bonds. The van der Waals surface area contributed by atoms with E-state index in [2.05, 4.69) is 11.0 Å². The predicted molar refractivity (Wildman–Crippen MR) is 96.5 cm³/mol. The predicted octanol–water partition coefficient (Wildman–Crippen LogP) is 1.24. The van der Waals surface area contributed by atoms with Gasteiger partial charge in [0.05, 0.1) is 11.9 Å². The van der Waals surface area contributed by atoms with E-state index in [1.807, 2.05) is 31.2 Å². The number of benzene rings is 2. The number of hydrogen-bond acceptors (Lipinski definition) is 8. The van der Waals surface area contributed by atoms with Gasteiger partial charge in [-0.15, -0.1) is 0 Å². The number of para-hydroxylation sites is 1. The van der Waals surface area contributed by atoms with E-state index in [0.29, 0.717) is 22.6 Å². The number of anilines is 1. The third kappa shape index (κ3) is 4.44. The van der Waals surface area contributed by atoms with Crippen LogP contribution in [0, 0.1) is 6.92 Å². The van der Waals surface area contributed by atoms with Crippen LogP contribution in [0.4, 0.5) is 5.69 Å². The van der Waals surface area contributed by atoms with Gasteiger partial charge in [-0.2, -0.15) is 0 Å². The fourth-order valence-corrected chi connectivity index (χ4v) is 3.69. The average Bonchev–Trinajstić information content (AvgIpc) is 3.12. The minimum atomic E-state index is -5.17. The lowest BCUT2D eigenvalue weighted by Crippen LogP contribution is -2.32. The van der Waals surface area contributed by atoms with E-state index in [9.17, 15) is 9.90 Å². The normalized spacial score (nSPS) is 17.7. The van der Waals surface area contributed by atoms with Gasteiger partial charge in [0.15, 0.2) is 0 Å². The Balaban J connectivity index is 0.000000403. The molecule has 2 aliphatic rings. The number of aliphatic carboxylic acids is 1. The first-order valence-electron chi connectivity index (χ1n) is 8.69. The third-order valence-electron chi connectivity index (χ3n) is 4.78. The summed E-state index contributed by atoms with van der Waals surface area (Å²) >= 11 is 0. The maximum absolute atomic E-state index is 11.8. The summed E-state index contributed by atoms with van der Waals surface area (Å²) in [5.41, 5.74) is 3.42. The number of carboxylic acid groups (broad SMARTS) is 1. The van der Waals surface area contributed by atoms with E-state index in [4.69, 9.17) is 22.3 Å². The lowest BCUT2D eigenvalue weighted by Gasteiger charge is -2.31. The van der Waals surface area contributed by atoms with E-state index < -0.39 is 22.3 Å². The second kappa shape index (κ2) is 7.78. The molecule has 8 nitrogen and oxygen atoms in total. The Labute approximate surface area is 162 Å². The minimum absolute atomic E-state index is 0.604. The molecule has 1 unspecified atom stereocenters. The first-order valence-corrected chi connectivity index (χ1v) is 10.0. The molecule has 0 N–H and O–H groups in total. The molecule has 2 aromatic rings. The van der Waals surface area contributed by atoms with Crippen molar-refractivity contribution in [3.63, 3.8) is 0 Å². The molecule has 28 heavy (non-hydrogen) atoms. The SMILES string of the molecule is Cc1cc(N2CCCC2)cc2c1C(C(=O)[O-])c1ccccc1O2.O=S(=O)([O-])[O-]. The van der Waals surface area contributed by atoms with Crippen LogP contribution in [0.1, 0.15) is 35.4 Å². The fourth-order valence-electron chi connectivity index (χ4n) is 3.69. The van der Waals surface area contributed by atoms with Crippen LogP contribution in [-0.2, 0) is 15.2 Å². The van der Waals surface area contributed by atoms with Crippen LogP contribution in [-0.4, -0.2) is 36.6 Å². The summed E-state index contributed by atoms with van der Waals surface area (Å²) in [6, 6.07) is 11.3. The zero-order valence-corrected chi connectivity index (χ0v) is 15.9. The zero-order valence-electron chi connectivity index (χ0n) is 15.1. The van der Waals surface area contributed by atoms with Crippen molar-refractivity contribution < 1.29 is 32.2 Å². The maximum atomic E-state index is 11.8. The summed E-state index contributed by atoms with van der Waals surface area (Å²) in [6.07, 6.45) is 2.39. The Morgan fingerprint density at radius 2 is 1.71 bits per heavy atom. The Morgan fingerprint density at radius 3 is 2.32 bits per heavy atom. The first-order chi connectivity index (χ1) is 13.1. The molecular formula is C19H18NO7S-3. The molecule has 0 saturated carbocycles. The summed E-state index contributed by atoms with van der Waals surface area (Å²) in [7, 11) is -5.17. The second-order valence-electron chi connectivity index (χ2n) is 6.67. The van der Waals surface area contributed by atoms with Gasteiger partial charge in [-0.25, -0.2) is 0 Å². The zero-order chi connectivity index (χ0) is 20.5. The van der Waals surface area contributed by atoms with Crippen LogP contribution in [0.5, 0.6) is 11.5 Å². The van der Waals surface area contributed by atoms with Crippen LogP contribution in [0.15, 0.2) is 36.4 Å². The van der Waals surface area contributed by atoms with Crippen molar-refractivity contribution in [1.82, 2.24) is 0 Å². The van der Waals surface area contributed by atoms with Gasteiger partial charge in [-0.05, 0) is 37.5 Å². The second-order valence-corrected chi connectivity index (χ2v) is 7.49. The van der Waals surface area contributed by atoms with Crippen molar-refractivity contribution in [2.24, 2.45) is 0 Å². The van der Waals surface area contributed by atoms with Crippen molar-refractivity contribution in [2.75, 3.05) is 18.0 Å². The van der Waals surface area contributed by atoms with Gasteiger partial charge in [0.25, 0.3) is 0 Å². The van der Waals surface area contributed by atoms with Gasteiger partial charge in [0.2, 0.25) is 0 Å². The molecule has 9 heteroatoms. The number of hydrogen-bond donors (Lipinski definition) is 0. The highest BCUT2D eigenvalue weighted by atomic mass is 32.3. The maximum Gasteiger partial charge on any atom is 0.133 e. The molecule has 4 rings (SSSR count). The van der Waals surface area contributed by atoms with Crippen molar-refractivity contribution in [3.8, 4) is 11.5 Å². The first kappa shape index (κ1) is 20.1. The largest absolute Gasteiger partial charge is 0.759 e. The Kier molecular flexibility index (Phi) is 5.59. The van der Waals surface area contributed by atoms with Crippen LogP contribution in [0.25, 0.3) is 0 Å². The number of rotatable bonds is 2. The van der Waals surface area contributed by atoms with Crippen molar-refractivity contribution in [1.29, 1.82) is 0 Å². The average molecular weight is 404 g/mol. The number of ether oxygens (including phenoxy) is 1. The molecule has 0 spiro atoms. The summed E-state index contributed by atoms with van der Waals surface area (Å²) in [5.74, 6) is -0.617. The monoisotopic (exact) mass is 404 g/mol. The highest BCUT2D eigenvalue weighted by Gasteiger charge is 2.30. The Bertz CT molecular complexity index is 989. The molecule has 150 valence electrons. The van der Waals surface area contributed by atoms with Crippen molar-refractivity contribution >= 4 is 22.1 Å². The molecule has 2 heterocycles. The van der Waals surface area contributed by atoms with E-state index in [-0.39, 0.29) is 0 Å². The highest BCUT2D eigenvalue weighted by molar-refractivity contribution is 7.79. The Hall–Kier alpha value is -2.62. The standard InChI is InChI=1S/C19H19NO3.H2O4S/c1-12-10-13(20-8-4-5-9-20)11-16-17(12)18(19(21)22)14-6-2-3-7-15(14)23-16;1-5(2,3)4/h2-3,6-7,10-11,18H,4-5,8-9H2,1H3,(H,21,22);(H2,1,2,3,4)/p-3. The van der Waals surface area contributed by atoms with E-state index in [1.54, 1.807) is 6.07 Å². The van der Waals surface area contributed by atoms with Crippen LogP contribution in [0.3, 0.4) is 0 Å². The molecule has 2 aromatic carbocycles. The molecule has 0 radical (unpaired) electrons. The number of carboxylic acids is 1. The fraction of sp³-hybridized carbons (Fsp3) is 0.316. The molecule has 1 fully saturated rings. The van der Waals surface area contributed by atoms with Gasteiger partial charge in [-0.1, -0.05) is 18.2 Å². The topological polar surface area (TPSA) is 133 Å². The molecule has 1 atom stereocenters. The van der Waals surface area contributed by atoms with Gasteiger partial charge in [0.1, 0.15) is 11.5 Å². The molecule has 1 saturated heterocycles. The molecule has 0 aromatic heterocycles. The number of carbonyl (C=O) groups is 1. The van der Waals surface area contributed by atoms with Gasteiger partial charge in [0, 0.05) is 46.4 Å². The number of aryl methyl sites for hydroxylation is 1. The lowest BCUT2D eigenvalue weighted by atomic mass is 9.85. The van der Waals surface area contributed by atoms with Crippen molar-refractivity contribution in [2.45, 2.75) is 25.7 Å². The van der Waals surface area contributed by atoms with Crippen molar-refractivity contribution in [3.05, 3.63) is 53.1 Å². The molecule has 0 bridgehead atoms. The van der Waals surface area contributed by atoms with Gasteiger partial charge in [-0.3, -0.25) is 8.42 Å². The van der Waals surface area contributed by atoms with Crippen LogP contribution in [0.2, 0.25) is 0 Å². The smallest absolute Gasteiger partial charge is 0.133 e. The summed E-state index contributed by atoms with van der Waals surface area (Å²) in [5, 5.41) is 11.8. The highest BCUT2D eigenvalue weighted by Crippen LogP contribution is 2.47. The van der Waals surface area contributed by atoms with Crippen LogP contribution < -0.4 is 14.7 Å². The number of nitrogens with zero attached hydrogens (tertiary/aromatic N) is 1. The quantitative estimate of drug-likeness (QED) is 0.539. The molecular weight excluding hydrogens is 386 g/mol.